The fourth-order valence-corrected chi connectivity index (χ4v) is 3.79. The number of para-hydroxylation sites is 1. The van der Waals surface area contributed by atoms with E-state index in [0.717, 1.165) is 10.9 Å². The third-order valence-corrected chi connectivity index (χ3v) is 6.13. The summed E-state index contributed by atoms with van der Waals surface area (Å²) in [6.45, 7) is 0. The van der Waals surface area contributed by atoms with Gasteiger partial charge in [0, 0.05) is 41.4 Å². The molecular weight excluding hydrogens is 508 g/mol. The van der Waals surface area contributed by atoms with E-state index in [1.807, 2.05) is 24.3 Å². The predicted octanol–water partition coefficient (Wildman–Crippen LogP) is -1.30. The average Bonchev–Trinajstić information content (AvgIpc) is 3.26. The van der Waals surface area contributed by atoms with Gasteiger partial charge in [-0.25, -0.2) is 4.79 Å². The first-order chi connectivity index (χ1) is 17.1. The maximum atomic E-state index is 13.1. The molecule has 4 atom stereocenters. The highest BCUT2D eigenvalue weighted by atomic mass is 32.1. The van der Waals surface area contributed by atoms with Crippen molar-refractivity contribution in [3.8, 4) is 0 Å². The van der Waals surface area contributed by atoms with Gasteiger partial charge < -0.3 is 37.5 Å². The van der Waals surface area contributed by atoms with Crippen molar-refractivity contribution >= 4 is 65.8 Å². The Balaban J connectivity index is 2.31. The van der Waals surface area contributed by atoms with Gasteiger partial charge in [0.1, 0.15) is 18.1 Å². The van der Waals surface area contributed by atoms with E-state index in [4.69, 9.17) is 11.5 Å². The van der Waals surface area contributed by atoms with Crippen LogP contribution < -0.4 is 27.4 Å². The number of benzene rings is 1. The molecule has 1 aromatic heterocycles. The molecule has 4 unspecified atom stereocenters. The van der Waals surface area contributed by atoms with Gasteiger partial charge in [0.15, 0.2) is 0 Å². The van der Waals surface area contributed by atoms with E-state index in [1.165, 1.54) is 0 Å². The van der Waals surface area contributed by atoms with Gasteiger partial charge in [0.05, 0.1) is 6.04 Å². The number of aliphatic carboxylic acids is 1. The Morgan fingerprint density at radius 2 is 1.53 bits per heavy atom. The number of carbonyl (C=O) groups excluding carboxylic acids is 4. The van der Waals surface area contributed by atoms with Crippen LogP contribution in [0.5, 0.6) is 0 Å². The van der Waals surface area contributed by atoms with Crippen molar-refractivity contribution in [2.75, 3.05) is 11.5 Å². The number of primary amides is 1. The molecule has 0 radical (unpaired) electrons. The smallest absolute Gasteiger partial charge is 0.327 e. The zero-order valence-electron chi connectivity index (χ0n) is 19.3. The van der Waals surface area contributed by atoms with Gasteiger partial charge in [0.25, 0.3) is 0 Å². The SMILES string of the molecule is NC(=O)CCC(NC(=O)C(N)CS)C(=O)NC(Cc1c[nH]c2ccccc12)C(=O)NC(CS)C(=O)O. The summed E-state index contributed by atoms with van der Waals surface area (Å²) in [5.74, 6) is -4.34. The fourth-order valence-electron chi connectivity index (χ4n) is 3.38. The van der Waals surface area contributed by atoms with E-state index in [2.05, 4.69) is 46.2 Å². The lowest BCUT2D eigenvalue weighted by Gasteiger charge is -2.24. The molecule has 9 N–H and O–H groups in total. The second kappa shape index (κ2) is 13.8. The molecule has 14 heteroatoms. The summed E-state index contributed by atoms with van der Waals surface area (Å²) in [7, 11) is 0. The number of hydrogen-bond acceptors (Lipinski definition) is 8. The van der Waals surface area contributed by atoms with Crippen LogP contribution in [0, 0.1) is 0 Å². The Hall–Kier alpha value is -3.23. The van der Waals surface area contributed by atoms with Crippen LogP contribution in [0.1, 0.15) is 18.4 Å². The largest absolute Gasteiger partial charge is 0.480 e. The Bertz CT molecular complexity index is 1110. The van der Waals surface area contributed by atoms with Gasteiger partial charge in [-0.05, 0) is 18.1 Å². The van der Waals surface area contributed by atoms with Gasteiger partial charge in [-0.2, -0.15) is 25.3 Å². The van der Waals surface area contributed by atoms with E-state index >= 15 is 0 Å². The molecule has 0 saturated heterocycles. The number of nitrogens with two attached hydrogens (primary N) is 2. The lowest BCUT2D eigenvalue weighted by Crippen LogP contribution is -2.58. The van der Waals surface area contributed by atoms with E-state index in [9.17, 15) is 29.1 Å². The minimum absolute atomic E-state index is 0.00708. The predicted molar refractivity (Wildman–Crippen MR) is 140 cm³/mol. The molecule has 0 aliphatic carbocycles. The lowest BCUT2D eigenvalue weighted by molar-refractivity contribution is -0.141. The number of aromatic amines is 1. The van der Waals surface area contributed by atoms with Crippen LogP contribution in [0.3, 0.4) is 0 Å². The zero-order chi connectivity index (χ0) is 26.8. The molecule has 12 nitrogen and oxygen atoms in total. The highest BCUT2D eigenvalue weighted by molar-refractivity contribution is 7.80. The summed E-state index contributed by atoms with van der Waals surface area (Å²) >= 11 is 7.92. The molecule has 1 heterocycles. The molecule has 4 amide bonds. The standard InChI is InChI=1S/C22H30N6O6S2/c23-13(9-35)19(30)26-15(5-6-18(24)29)20(31)27-16(21(32)28-17(10-36)22(33)34)7-11-8-25-14-4-2-1-3-12(11)14/h1-4,8,13,15-17,25,35-36H,5-7,9-10,23H2,(H2,24,29)(H,26,30)(H,27,31)(H,28,32)(H,33,34). The first kappa shape index (κ1) is 29.0. The number of carboxylic acids is 1. The summed E-state index contributed by atoms with van der Waals surface area (Å²) in [4.78, 5) is 64.3. The molecule has 2 aromatic rings. The Kier molecular flexibility index (Phi) is 11.1. The number of amides is 4. The summed E-state index contributed by atoms with van der Waals surface area (Å²) in [6, 6.07) is 2.58. The van der Waals surface area contributed by atoms with E-state index < -0.39 is 53.8 Å². The van der Waals surface area contributed by atoms with E-state index in [0.29, 0.717) is 5.56 Å². The number of carboxylic acid groups (broad SMARTS) is 1. The number of carbonyl (C=O) groups is 5. The highest BCUT2D eigenvalue weighted by Gasteiger charge is 2.30. The Labute approximate surface area is 218 Å². The van der Waals surface area contributed by atoms with Crippen molar-refractivity contribution in [3.05, 3.63) is 36.0 Å². The highest BCUT2D eigenvalue weighted by Crippen LogP contribution is 2.19. The van der Waals surface area contributed by atoms with Gasteiger partial charge >= 0.3 is 5.97 Å². The maximum Gasteiger partial charge on any atom is 0.327 e. The van der Waals surface area contributed by atoms with E-state index in [1.54, 1.807) is 6.20 Å². The first-order valence-electron chi connectivity index (χ1n) is 11.0. The topological polar surface area (TPSA) is 209 Å². The molecule has 0 aliphatic heterocycles. The number of aromatic nitrogens is 1. The van der Waals surface area contributed by atoms with Crippen LogP contribution in [0.15, 0.2) is 30.5 Å². The molecule has 1 aromatic carbocycles. The van der Waals surface area contributed by atoms with Crippen molar-refractivity contribution in [2.24, 2.45) is 11.5 Å². The summed E-state index contributed by atoms with van der Waals surface area (Å²) in [5, 5.41) is 17.5. The monoisotopic (exact) mass is 538 g/mol. The Morgan fingerprint density at radius 3 is 2.14 bits per heavy atom. The third kappa shape index (κ3) is 8.17. The summed E-state index contributed by atoms with van der Waals surface area (Å²) in [6.07, 6.45) is 1.34. The van der Waals surface area contributed by atoms with Crippen molar-refractivity contribution in [3.63, 3.8) is 0 Å². The third-order valence-electron chi connectivity index (χ3n) is 5.37. The number of nitrogens with one attached hydrogen (secondary N) is 4. The van der Waals surface area contributed by atoms with Crippen LogP contribution in [-0.4, -0.2) is 75.4 Å². The van der Waals surface area contributed by atoms with Crippen LogP contribution in [0.4, 0.5) is 0 Å². The van der Waals surface area contributed by atoms with Crippen LogP contribution >= 0.6 is 25.3 Å². The average molecular weight is 539 g/mol. The second-order valence-corrected chi connectivity index (χ2v) is 8.79. The summed E-state index contributed by atoms with van der Waals surface area (Å²) < 4.78 is 0. The van der Waals surface area contributed by atoms with Gasteiger partial charge in [-0.15, -0.1) is 0 Å². The first-order valence-corrected chi connectivity index (χ1v) is 12.3. The van der Waals surface area contributed by atoms with Crippen molar-refractivity contribution in [2.45, 2.75) is 43.4 Å². The quantitative estimate of drug-likeness (QED) is 0.133. The van der Waals surface area contributed by atoms with Crippen LogP contribution in [0.25, 0.3) is 10.9 Å². The molecule has 2 rings (SSSR count). The molecule has 0 fully saturated rings. The number of rotatable bonds is 14. The van der Waals surface area contributed by atoms with Crippen LogP contribution in [0.2, 0.25) is 0 Å². The number of hydrogen-bond donors (Lipinski definition) is 9. The molecular formula is C22H30N6O6S2. The minimum Gasteiger partial charge on any atom is -0.480 e. The zero-order valence-corrected chi connectivity index (χ0v) is 21.1. The Morgan fingerprint density at radius 1 is 0.917 bits per heavy atom. The fraction of sp³-hybridized carbons (Fsp3) is 0.409. The second-order valence-electron chi connectivity index (χ2n) is 8.06. The number of fused-ring (bicyclic) bond motifs is 1. The molecule has 196 valence electrons. The number of thiol groups is 2. The molecule has 36 heavy (non-hydrogen) atoms. The molecule has 0 spiro atoms. The normalized spacial score (nSPS) is 14.3. The van der Waals surface area contributed by atoms with Crippen molar-refractivity contribution < 1.29 is 29.1 Å². The number of H-pyrrole nitrogens is 1. The van der Waals surface area contributed by atoms with Crippen molar-refractivity contribution in [1.29, 1.82) is 0 Å². The van der Waals surface area contributed by atoms with Crippen LogP contribution in [-0.2, 0) is 30.4 Å². The minimum atomic E-state index is -1.29. The summed E-state index contributed by atoms with van der Waals surface area (Å²) in [5.41, 5.74) is 12.4. The lowest BCUT2D eigenvalue weighted by atomic mass is 10.0. The van der Waals surface area contributed by atoms with Gasteiger partial charge in [-0.1, -0.05) is 18.2 Å². The molecule has 0 aliphatic rings. The molecule has 0 saturated carbocycles. The molecule has 0 bridgehead atoms. The van der Waals surface area contributed by atoms with Crippen molar-refractivity contribution in [1.82, 2.24) is 20.9 Å². The van der Waals surface area contributed by atoms with E-state index in [-0.39, 0.29) is 30.8 Å². The van der Waals surface area contributed by atoms with Gasteiger partial charge in [-0.3, -0.25) is 19.2 Å². The maximum absolute atomic E-state index is 13.1. The van der Waals surface area contributed by atoms with Gasteiger partial charge in [0.2, 0.25) is 23.6 Å².